The van der Waals surface area contributed by atoms with Crippen molar-refractivity contribution in [1.29, 1.82) is 0 Å². The van der Waals surface area contributed by atoms with Gasteiger partial charge in [-0.3, -0.25) is 0 Å². The summed E-state index contributed by atoms with van der Waals surface area (Å²) in [5, 5.41) is 11.9. The predicted octanol–water partition coefficient (Wildman–Crippen LogP) is 14.4. The molecule has 0 spiro atoms. The monoisotopic (exact) mass is 1010 g/mol. The van der Waals surface area contributed by atoms with Crippen LogP contribution in [0.1, 0.15) is 162 Å². The van der Waals surface area contributed by atoms with Crippen LogP contribution in [-0.4, -0.2) is 113 Å². The van der Waals surface area contributed by atoms with Crippen molar-refractivity contribution >= 4 is 25.0 Å². The molecule has 2 fully saturated rings. The fraction of sp³-hybridized carbons (Fsp3) is 0.927. The number of fused-ring (bicyclic) bond motifs is 1. The van der Waals surface area contributed by atoms with E-state index in [0.29, 0.717) is 11.8 Å². The summed E-state index contributed by atoms with van der Waals surface area (Å²) in [5.41, 5.74) is 0. The van der Waals surface area contributed by atoms with Gasteiger partial charge in [-0.2, -0.15) is 0 Å². The summed E-state index contributed by atoms with van der Waals surface area (Å²) in [6, 6.07) is 0. The lowest BCUT2D eigenvalue weighted by Crippen LogP contribution is -2.69. The Labute approximate surface area is 422 Å². The van der Waals surface area contributed by atoms with Crippen LogP contribution in [0.3, 0.4) is 0 Å². The lowest BCUT2D eigenvalue weighted by Gasteiger charge is -2.56. The molecular weight excluding hydrogens is 905 g/mol. The van der Waals surface area contributed by atoms with Crippen LogP contribution in [0.25, 0.3) is 0 Å². The average molecular weight is 1020 g/mol. The van der Waals surface area contributed by atoms with Gasteiger partial charge < -0.3 is 46.8 Å². The minimum atomic E-state index is -2.10. The Morgan fingerprint density at radius 3 is 1.74 bits per heavy atom. The van der Waals surface area contributed by atoms with E-state index in [1.165, 1.54) is 0 Å². The number of hydrogen-bond acceptors (Lipinski definition) is 10. The van der Waals surface area contributed by atoms with Gasteiger partial charge in [0.2, 0.25) is 11.6 Å². The molecule has 2 rings (SSSR count). The first-order valence-electron chi connectivity index (χ1n) is 26.6. The average Bonchev–Trinajstić information content (AvgIpc) is 3.22. The molecule has 0 bridgehead atoms. The molecule has 1 aliphatic carbocycles. The number of rotatable bonds is 28. The summed E-state index contributed by atoms with van der Waals surface area (Å²) in [6.45, 7) is 49.1. The molecule has 0 radical (unpaired) electrons. The van der Waals surface area contributed by atoms with Gasteiger partial charge in [-0.15, -0.1) is 0 Å². The highest BCUT2D eigenvalue weighted by atomic mass is 28.4. The molecule has 1 heterocycles. The zero-order valence-corrected chi connectivity index (χ0v) is 51.6. The molecule has 0 amide bonds. The Bertz CT molecular complexity index is 1520. The Kier molecular flexibility index (Phi) is 24.7. The van der Waals surface area contributed by atoms with Crippen LogP contribution < -0.4 is 0 Å². The third kappa shape index (κ3) is 18.0. The molecule has 0 aromatic rings. The van der Waals surface area contributed by atoms with Crippen molar-refractivity contribution in [2.45, 2.75) is 264 Å². The number of unbranched alkanes of at least 4 members (excludes halogenated alkanes) is 1. The summed E-state index contributed by atoms with van der Waals surface area (Å²) in [4.78, 5) is 0. The number of methoxy groups -OCH3 is 3. The molecule has 1 aliphatic heterocycles. The molecule has 402 valence electrons. The maximum atomic E-state index is 11.5. The Morgan fingerprint density at radius 1 is 0.676 bits per heavy atom. The number of aliphatic hydroxyl groups is 1. The molecule has 1 N–H and O–H groups in total. The van der Waals surface area contributed by atoms with Crippen molar-refractivity contribution in [3.05, 3.63) is 24.3 Å². The van der Waals surface area contributed by atoms with Gasteiger partial charge in [0.15, 0.2) is 25.0 Å². The highest BCUT2D eigenvalue weighted by molar-refractivity contribution is 6.75. The van der Waals surface area contributed by atoms with E-state index in [1.807, 2.05) is 13.8 Å². The second-order valence-corrected chi connectivity index (χ2v) is 40.4. The minimum absolute atomic E-state index is 0.0340. The summed E-state index contributed by atoms with van der Waals surface area (Å²) in [7, 11) is -1.14. The lowest BCUT2D eigenvalue weighted by atomic mass is 9.75. The van der Waals surface area contributed by atoms with Crippen LogP contribution >= 0.6 is 0 Å². The Balaban J connectivity index is 2.12. The predicted molar refractivity (Wildman–Crippen MR) is 291 cm³/mol. The molecule has 1 saturated heterocycles. The molecule has 0 unspecified atom stereocenters. The molecule has 2 aliphatic rings. The van der Waals surface area contributed by atoms with E-state index in [2.05, 4.69) is 154 Å². The van der Waals surface area contributed by atoms with Crippen molar-refractivity contribution in [2.24, 2.45) is 29.6 Å². The first-order valence-corrected chi connectivity index (χ1v) is 35.3. The largest absolute Gasteiger partial charge is 0.417 e. The number of ether oxygens (including phenoxy) is 6. The van der Waals surface area contributed by atoms with E-state index >= 15 is 0 Å². The van der Waals surface area contributed by atoms with Crippen molar-refractivity contribution in [3.8, 4) is 0 Å². The van der Waals surface area contributed by atoms with Crippen molar-refractivity contribution in [1.82, 2.24) is 0 Å². The Morgan fingerprint density at radius 2 is 1.21 bits per heavy atom. The van der Waals surface area contributed by atoms with Crippen LogP contribution in [-0.2, 0) is 41.7 Å². The maximum absolute atomic E-state index is 11.5. The van der Waals surface area contributed by atoms with Crippen LogP contribution in [0.2, 0.25) is 54.4 Å². The number of aliphatic hydroxyl groups excluding tert-OH is 1. The summed E-state index contributed by atoms with van der Waals surface area (Å²) < 4.78 is 57.8. The third-order valence-corrected chi connectivity index (χ3v) is 30.8. The third-order valence-electron chi connectivity index (χ3n) is 17.3. The normalized spacial score (nSPS) is 28.1. The van der Waals surface area contributed by atoms with Gasteiger partial charge in [0, 0.05) is 33.9 Å². The smallest absolute Gasteiger partial charge is 0.220 e. The second kappa shape index (κ2) is 26.3. The van der Waals surface area contributed by atoms with E-state index in [1.54, 1.807) is 21.3 Å². The molecule has 13 atom stereocenters. The van der Waals surface area contributed by atoms with Gasteiger partial charge >= 0.3 is 0 Å². The first-order chi connectivity index (χ1) is 31.0. The highest BCUT2D eigenvalue weighted by Crippen LogP contribution is 2.47. The van der Waals surface area contributed by atoms with Crippen LogP contribution in [0.4, 0.5) is 0 Å². The Hall–Kier alpha value is -0.269. The molecule has 13 heteroatoms. The number of hydrogen-bond donors (Lipinski definition) is 1. The van der Waals surface area contributed by atoms with Crippen LogP contribution in [0, 0.1) is 29.6 Å². The van der Waals surface area contributed by atoms with Crippen LogP contribution in [0.15, 0.2) is 24.3 Å². The topological polar surface area (TPSA) is 103 Å². The van der Waals surface area contributed by atoms with Crippen molar-refractivity contribution < 1.29 is 46.8 Å². The summed E-state index contributed by atoms with van der Waals surface area (Å²) in [5.74, 6) is -0.902. The van der Waals surface area contributed by atoms with E-state index < -0.39 is 42.6 Å². The first kappa shape index (κ1) is 63.8. The zero-order chi connectivity index (χ0) is 52.3. The summed E-state index contributed by atoms with van der Waals surface area (Å²) in [6.07, 6.45) is 16.3. The molecule has 1 saturated carbocycles. The minimum Gasteiger partial charge on any atom is -0.417 e. The fourth-order valence-electron chi connectivity index (χ4n) is 8.65. The van der Waals surface area contributed by atoms with Gasteiger partial charge in [0.1, 0.15) is 12.9 Å². The maximum Gasteiger partial charge on any atom is 0.220 e. The molecule has 0 aromatic carbocycles. The standard InChI is InChI=1S/C55H110O10Si3/c1-40(31-34-45(56)42(3)37-44-33-36-48-50(49(44)60-39-57-16)63-55(15,59-18)54(14,58-17)62-48)29-27-25-26-28-30-46(64-67(21,22)52(8,9)10)43(4)47(65-68(23,24)53(11,12)13)35-32-41(2)38-61-66(19,20)51(5,6)7/h27-30,40-50,56H,25-26,31-39H2,1-24H3/b29-27+,30-28+/t40-,41-,42-,43+,44+,45+,46-,47+,48-,49+,50+,54+,55+/m1/s1. The molecule has 10 nitrogen and oxygen atoms in total. The van der Waals surface area contributed by atoms with E-state index in [-0.39, 0.29) is 70.2 Å². The molecule has 68 heavy (non-hydrogen) atoms. The fourth-order valence-corrected chi connectivity index (χ4v) is 12.6. The van der Waals surface area contributed by atoms with Crippen molar-refractivity contribution in [2.75, 3.05) is 34.7 Å². The number of allylic oxidation sites excluding steroid dienone is 3. The quantitative estimate of drug-likeness (QED) is 0.0353. The van der Waals surface area contributed by atoms with Gasteiger partial charge in [-0.1, -0.05) is 114 Å². The molecule has 0 aromatic heterocycles. The summed E-state index contributed by atoms with van der Waals surface area (Å²) >= 11 is 0. The lowest BCUT2D eigenvalue weighted by molar-refractivity contribution is -0.461. The molecular formula is C55H110O10Si3. The van der Waals surface area contributed by atoms with Gasteiger partial charge in [-0.05, 0) is 150 Å². The van der Waals surface area contributed by atoms with Gasteiger partial charge in [0.05, 0.1) is 30.5 Å². The van der Waals surface area contributed by atoms with E-state index in [4.69, 9.17) is 41.7 Å². The van der Waals surface area contributed by atoms with Gasteiger partial charge in [0.25, 0.3) is 0 Å². The highest BCUT2D eigenvalue weighted by Gasteiger charge is 2.60. The van der Waals surface area contributed by atoms with E-state index in [9.17, 15) is 5.11 Å². The SMILES string of the molecule is COCO[C@H]1[C@H](C[C@@H](C)[C@@H](O)CC[C@H](C)/C=C/CC/C=C/[C@@H](O[Si](C)(C)C(C)(C)C)[C@H](C)[C@H](CC[C@@H](C)CO[Si](C)(C)C(C)(C)C)O[Si](C)(C)C(C)(C)C)CC[C@H]2O[C@](C)(OC)[C@@](C)(OC)O[C@H]12. The van der Waals surface area contributed by atoms with E-state index in [0.717, 1.165) is 64.4 Å². The zero-order valence-electron chi connectivity index (χ0n) is 48.6. The van der Waals surface area contributed by atoms with Gasteiger partial charge in [-0.25, -0.2) is 0 Å². The van der Waals surface area contributed by atoms with Crippen molar-refractivity contribution in [3.63, 3.8) is 0 Å². The van der Waals surface area contributed by atoms with Crippen LogP contribution in [0.5, 0.6) is 0 Å². The second-order valence-electron chi connectivity index (χ2n) is 26.1.